The van der Waals surface area contributed by atoms with Crippen molar-refractivity contribution in [1.29, 1.82) is 0 Å². The highest BCUT2D eigenvalue weighted by Crippen LogP contribution is 2.24. The monoisotopic (exact) mass is 273 g/mol. The van der Waals surface area contributed by atoms with Crippen LogP contribution in [0.4, 0.5) is 14.5 Å². The van der Waals surface area contributed by atoms with Gasteiger partial charge in [0.25, 0.3) is 0 Å². The second-order valence-corrected chi connectivity index (χ2v) is 5.39. The first-order valence-electron chi connectivity index (χ1n) is 6.93. The molecule has 3 heteroatoms. The van der Waals surface area contributed by atoms with Gasteiger partial charge in [0.05, 0.1) is 5.69 Å². The number of fused-ring (bicyclic) bond motifs is 1. The van der Waals surface area contributed by atoms with Gasteiger partial charge in [-0.1, -0.05) is 18.2 Å². The van der Waals surface area contributed by atoms with Crippen LogP contribution in [0.3, 0.4) is 0 Å². The van der Waals surface area contributed by atoms with Gasteiger partial charge in [-0.15, -0.1) is 0 Å². The van der Waals surface area contributed by atoms with Gasteiger partial charge in [0.2, 0.25) is 0 Å². The van der Waals surface area contributed by atoms with Gasteiger partial charge < -0.3 is 5.32 Å². The van der Waals surface area contributed by atoms with Gasteiger partial charge in [0.15, 0.2) is 0 Å². The van der Waals surface area contributed by atoms with Crippen molar-refractivity contribution in [2.24, 2.45) is 0 Å². The van der Waals surface area contributed by atoms with Crippen LogP contribution >= 0.6 is 0 Å². The number of anilines is 1. The van der Waals surface area contributed by atoms with Crippen molar-refractivity contribution in [2.75, 3.05) is 5.32 Å². The molecule has 0 heterocycles. The normalized spacial score (nSPS) is 13.3. The number of hydrogen-bond acceptors (Lipinski definition) is 1. The molecule has 0 radical (unpaired) electrons. The van der Waals surface area contributed by atoms with E-state index in [1.165, 1.54) is 29.7 Å². The molecule has 3 rings (SSSR count). The molecule has 0 saturated carbocycles. The van der Waals surface area contributed by atoms with Crippen molar-refractivity contribution >= 4 is 5.69 Å². The molecule has 104 valence electrons. The van der Waals surface area contributed by atoms with Crippen LogP contribution in [0.1, 0.15) is 28.7 Å². The quantitative estimate of drug-likeness (QED) is 0.875. The van der Waals surface area contributed by atoms with Crippen LogP contribution in [0.5, 0.6) is 0 Å². The third-order valence-electron chi connectivity index (χ3n) is 3.89. The lowest BCUT2D eigenvalue weighted by Crippen LogP contribution is -2.03. The Labute approximate surface area is 117 Å². The first-order chi connectivity index (χ1) is 9.63. The third-order valence-corrected chi connectivity index (χ3v) is 3.89. The molecule has 0 spiro atoms. The van der Waals surface area contributed by atoms with E-state index in [9.17, 15) is 8.78 Å². The molecule has 0 aliphatic heterocycles. The van der Waals surface area contributed by atoms with Gasteiger partial charge in [-0.2, -0.15) is 0 Å². The summed E-state index contributed by atoms with van der Waals surface area (Å²) in [5.74, 6) is -0.798. The molecule has 0 amide bonds. The Morgan fingerprint density at radius 3 is 2.65 bits per heavy atom. The molecule has 1 nitrogen and oxygen atoms in total. The van der Waals surface area contributed by atoms with Crippen molar-refractivity contribution < 1.29 is 8.78 Å². The zero-order valence-corrected chi connectivity index (χ0v) is 11.5. The number of rotatable bonds is 3. The molecular formula is C17H17F2N. The van der Waals surface area contributed by atoms with Crippen molar-refractivity contribution in [1.82, 2.24) is 0 Å². The van der Waals surface area contributed by atoms with Crippen molar-refractivity contribution in [3.8, 4) is 0 Å². The Kier molecular flexibility index (Phi) is 3.43. The largest absolute Gasteiger partial charge is 0.379 e. The van der Waals surface area contributed by atoms with Gasteiger partial charge in [0.1, 0.15) is 11.6 Å². The highest BCUT2D eigenvalue weighted by molar-refractivity contribution is 5.48. The summed E-state index contributed by atoms with van der Waals surface area (Å²) < 4.78 is 27.2. The molecule has 0 unspecified atom stereocenters. The van der Waals surface area contributed by atoms with E-state index < -0.39 is 5.82 Å². The predicted molar refractivity (Wildman–Crippen MR) is 76.9 cm³/mol. The Balaban J connectivity index is 1.75. The van der Waals surface area contributed by atoms with E-state index in [4.69, 9.17) is 0 Å². The molecule has 0 atom stereocenters. The molecule has 1 N–H and O–H groups in total. The number of aryl methyl sites for hydroxylation is 3. The first kappa shape index (κ1) is 13.1. The minimum Gasteiger partial charge on any atom is -0.379 e. The van der Waals surface area contributed by atoms with E-state index in [1.807, 2.05) is 0 Å². The molecule has 0 aromatic heterocycles. The highest BCUT2D eigenvalue weighted by Gasteiger charge is 2.11. The Morgan fingerprint density at radius 1 is 1.00 bits per heavy atom. The summed E-state index contributed by atoms with van der Waals surface area (Å²) in [6, 6.07) is 8.81. The SMILES string of the molecule is Cc1cc(F)c(NCc2ccc3c(c2)CCC3)cc1F. The van der Waals surface area contributed by atoms with Crippen molar-refractivity contribution in [3.05, 3.63) is 64.2 Å². The molecule has 20 heavy (non-hydrogen) atoms. The average molecular weight is 273 g/mol. The number of nitrogens with one attached hydrogen (secondary N) is 1. The summed E-state index contributed by atoms with van der Waals surface area (Å²) in [6.45, 7) is 2.06. The summed E-state index contributed by atoms with van der Waals surface area (Å²) in [5.41, 5.74) is 4.45. The van der Waals surface area contributed by atoms with E-state index in [0.717, 1.165) is 18.4 Å². The van der Waals surface area contributed by atoms with E-state index in [-0.39, 0.29) is 11.5 Å². The van der Waals surface area contributed by atoms with E-state index >= 15 is 0 Å². The topological polar surface area (TPSA) is 12.0 Å². The van der Waals surface area contributed by atoms with Crippen LogP contribution in [-0.2, 0) is 19.4 Å². The summed E-state index contributed by atoms with van der Waals surface area (Å²) in [6.07, 6.45) is 3.49. The smallest absolute Gasteiger partial charge is 0.146 e. The van der Waals surface area contributed by atoms with Crippen molar-refractivity contribution in [2.45, 2.75) is 32.7 Å². The molecule has 0 bridgehead atoms. The average Bonchev–Trinajstić information content (AvgIpc) is 2.89. The molecule has 2 aromatic carbocycles. The molecule has 0 fully saturated rings. The predicted octanol–water partition coefficient (Wildman–Crippen LogP) is 4.37. The molecular weight excluding hydrogens is 256 g/mol. The lowest BCUT2D eigenvalue weighted by molar-refractivity contribution is 0.594. The molecule has 1 aliphatic carbocycles. The second kappa shape index (κ2) is 5.23. The molecule has 0 saturated heterocycles. The maximum atomic E-state index is 13.7. The Hall–Kier alpha value is -1.90. The number of hydrogen-bond donors (Lipinski definition) is 1. The van der Waals surface area contributed by atoms with E-state index in [0.29, 0.717) is 12.1 Å². The van der Waals surface area contributed by atoms with Crippen LogP contribution in [-0.4, -0.2) is 0 Å². The molecule has 2 aromatic rings. The van der Waals surface area contributed by atoms with Gasteiger partial charge in [-0.05, 0) is 54.5 Å². The van der Waals surface area contributed by atoms with E-state index in [1.54, 1.807) is 6.92 Å². The summed E-state index contributed by atoms with van der Waals surface area (Å²) in [4.78, 5) is 0. The van der Waals surface area contributed by atoms with Crippen LogP contribution in [0.25, 0.3) is 0 Å². The fourth-order valence-corrected chi connectivity index (χ4v) is 2.71. The number of halogens is 2. The highest BCUT2D eigenvalue weighted by atomic mass is 19.1. The van der Waals surface area contributed by atoms with Gasteiger partial charge in [-0.25, -0.2) is 8.78 Å². The standard InChI is InChI=1S/C17H17F2N/c1-11-7-16(19)17(9-15(11)18)20-10-12-5-6-13-3-2-4-14(13)8-12/h5-9,20H,2-4,10H2,1H3. The van der Waals surface area contributed by atoms with Crippen LogP contribution in [0, 0.1) is 18.6 Å². The van der Waals surface area contributed by atoms with Gasteiger partial charge in [-0.3, -0.25) is 0 Å². The Morgan fingerprint density at radius 2 is 1.80 bits per heavy atom. The zero-order valence-electron chi connectivity index (χ0n) is 11.5. The minimum atomic E-state index is -0.412. The van der Waals surface area contributed by atoms with Gasteiger partial charge in [0, 0.05) is 12.6 Å². The lowest BCUT2D eigenvalue weighted by atomic mass is 10.1. The van der Waals surface area contributed by atoms with E-state index in [2.05, 4.69) is 23.5 Å². The fraction of sp³-hybridized carbons (Fsp3) is 0.294. The fourth-order valence-electron chi connectivity index (χ4n) is 2.71. The lowest BCUT2D eigenvalue weighted by Gasteiger charge is -2.10. The first-order valence-corrected chi connectivity index (χ1v) is 6.93. The number of benzene rings is 2. The van der Waals surface area contributed by atoms with Gasteiger partial charge >= 0.3 is 0 Å². The summed E-state index contributed by atoms with van der Waals surface area (Å²) in [5, 5.41) is 2.97. The summed E-state index contributed by atoms with van der Waals surface area (Å²) in [7, 11) is 0. The van der Waals surface area contributed by atoms with Crippen LogP contribution in [0.2, 0.25) is 0 Å². The van der Waals surface area contributed by atoms with Crippen molar-refractivity contribution in [3.63, 3.8) is 0 Å². The third kappa shape index (κ3) is 2.53. The maximum Gasteiger partial charge on any atom is 0.146 e. The second-order valence-electron chi connectivity index (χ2n) is 5.39. The zero-order chi connectivity index (χ0) is 14.1. The minimum absolute atomic E-state index is 0.216. The Bertz CT molecular complexity index is 650. The molecule has 1 aliphatic rings. The van der Waals surface area contributed by atoms with Crippen LogP contribution < -0.4 is 5.32 Å². The van der Waals surface area contributed by atoms with Crippen LogP contribution in [0.15, 0.2) is 30.3 Å². The maximum absolute atomic E-state index is 13.7. The summed E-state index contributed by atoms with van der Waals surface area (Å²) >= 11 is 0.